The molecule has 2 heterocycles. The predicted molar refractivity (Wildman–Crippen MR) is 54.6 cm³/mol. The molecule has 2 aromatic heterocycles. The maximum Gasteiger partial charge on any atom is 0.268 e. The van der Waals surface area contributed by atoms with E-state index in [0.29, 0.717) is 5.69 Å². The van der Waals surface area contributed by atoms with Gasteiger partial charge in [0.15, 0.2) is 5.82 Å². The Balaban J connectivity index is 2.63. The van der Waals surface area contributed by atoms with Crippen molar-refractivity contribution in [3.8, 4) is 17.4 Å². The van der Waals surface area contributed by atoms with Crippen molar-refractivity contribution in [2.75, 3.05) is 0 Å². The topological polar surface area (TPSA) is 108 Å². The lowest BCUT2D eigenvalue weighted by atomic mass is 10.4. The van der Waals surface area contributed by atoms with E-state index < -0.39 is 5.56 Å². The van der Waals surface area contributed by atoms with Crippen molar-refractivity contribution >= 4 is 22.6 Å². The van der Waals surface area contributed by atoms with Crippen molar-refractivity contribution < 1.29 is 5.11 Å². The van der Waals surface area contributed by atoms with Crippen molar-refractivity contribution in [2.45, 2.75) is 0 Å². The first kappa shape index (κ1) is 9.12. The minimum absolute atomic E-state index is 0.148. The van der Waals surface area contributed by atoms with E-state index in [1.165, 1.54) is 6.20 Å². The van der Waals surface area contributed by atoms with Gasteiger partial charge in [-0.15, -0.1) is 0 Å². The van der Waals surface area contributed by atoms with Gasteiger partial charge in [-0.3, -0.25) is 4.79 Å². The van der Waals surface area contributed by atoms with Crippen LogP contribution >= 0.6 is 22.6 Å². The van der Waals surface area contributed by atoms with E-state index in [9.17, 15) is 9.90 Å². The van der Waals surface area contributed by atoms with E-state index in [0.717, 1.165) is 0 Å². The van der Waals surface area contributed by atoms with Gasteiger partial charge in [-0.05, 0) is 22.6 Å². The van der Waals surface area contributed by atoms with E-state index in [1.54, 1.807) is 22.6 Å². The number of aromatic hydroxyl groups is 1. The molecule has 2 aromatic rings. The predicted octanol–water partition coefficient (Wildman–Crippen LogP) is -0.135. The van der Waals surface area contributed by atoms with Crippen molar-refractivity contribution in [1.82, 2.24) is 25.4 Å². The Bertz CT molecular complexity index is 505. The molecular weight excluding hydrogens is 301 g/mol. The van der Waals surface area contributed by atoms with Crippen LogP contribution in [0, 0.1) is 3.57 Å². The summed E-state index contributed by atoms with van der Waals surface area (Å²) in [6.45, 7) is 0. The van der Waals surface area contributed by atoms with Crippen molar-refractivity contribution in [3.63, 3.8) is 0 Å². The highest BCUT2D eigenvalue weighted by Gasteiger charge is 2.10. The Morgan fingerprint density at radius 1 is 1.50 bits per heavy atom. The fourth-order valence-electron chi connectivity index (χ4n) is 0.884. The first-order valence-corrected chi connectivity index (χ1v) is 4.61. The van der Waals surface area contributed by atoms with Crippen molar-refractivity contribution in [2.24, 2.45) is 0 Å². The maximum atomic E-state index is 11.2. The second-order valence-electron chi connectivity index (χ2n) is 2.41. The molecule has 0 fully saturated rings. The molecule has 0 amide bonds. The van der Waals surface area contributed by atoms with Crippen LogP contribution in [0.2, 0.25) is 0 Å². The summed E-state index contributed by atoms with van der Waals surface area (Å²) in [7, 11) is 0. The van der Waals surface area contributed by atoms with Crippen LogP contribution in [0.5, 0.6) is 5.88 Å². The molecule has 8 heteroatoms. The summed E-state index contributed by atoms with van der Waals surface area (Å²) in [6.07, 6.45) is 1.39. The molecule has 0 aliphatic rings. The number of nitrogens with one attached hydrogen (secondary N) is 2. The summed E-state index contributed by atoms with van der Waals surface area (Å²) in [4.78, 5) is 17.4. The third-order valence-electron chi connectivity index (χ3n) is 1.50. The van der Waals surface area contributed by atoms with Crippen LogP contribution in [-0.2, 0) is 0 Å². The highest BCUT2D eigenvalue weighted by Crippen LogP contribution is 2.15. The number of aromatic nitrogens is 5. The van der Waals surface area contributed by atoms with Gasteiger partial charge in [0.1, 0.15) is 9.26 Å². The molecule has 7 nitrogen and oxygen atoms in total. The van der Waals surface area contributed by atoms with Crippen LogP contribution in [0.4, 0.5) is 0 Å². The second kappa shape index (κ2) is 3.36. The Hall–Kier alpha value is -1.45. The van der Waals surface area contributed by atoms with E-state index in [1.807, 2.05) is 0 Å². The lowest BCUT2D eigenvalue weighted by Gasteiger charge is -1.97. The van der Waals surface area contributed by atoms with E-state index in [2.05, 4.69) is 25.4 Å². The molecule has 0 radical (unpaired) electrons. The fourth-order valence-corrected chi connectivity index (χ4v) is 1.14. The largest absolute Gasteiger partial charge is 0.492 e. The van der Waals surface area contributed by atoms with E-state index in [-0.39, 0.29) is 15.3 Å². The third kappa shape index (κ3) is 1.47. The molecule has 2 rings (SSSR count). The van der Waals surface area contributed by atoms with Crippen molar-refractivity contribution in [1.29, 1.82) is 0 Å². The lowest BCUT2D eigenvalue weighted by Crippen LogP contribution is -2.12. The van der Waals surface area contributed by atoms with Gasteiger partial charge in [-0.2, -0.15) is 20.4 Å². The summed E-state index contributed by atoms with van der Waals surface area (Å²) in [6, 6.07) is 0. The molecule has 0 unspecified atom stereocenters. The highest BCUT2D eigenvalue weighted by molar-refractivity contribution is 14.1. The number of halogens is 1. The molecule has 14 heavy (non-hydrogen) atoms. The first-order valence-electron chi connectivity index (χ1n) is 3.53. The minimum atomic E-state index is -0.406. The molecule has 0 bridgehead atoms. The number of hydrogen-bond donors (Lipinski definition) is 3. The van der Waals surface area contributed by atoms with Crippen molar-refractivity contribution in [3.05, 3.63) is 20.1 Å². The average Bonchev–Trinajstić information content (AvgIpc) is 2.66. The maximum absolute atomic E-state index is 11.2. The zero-order chi connectivity index (χ0) is 10.1. The normalized spacial score (nSPS) is 10.4. The van der Waals surface area contributed by atoms with Gasteiger partial charge < -0.3 is 10.1 Å². The van der Waals surface area contributed by atoms with E-state index >= 15 is 0 Å². The number of nitrogens with zero attached hydrogens (tertiary/aromatic N) is 3. The first-order chi connectivity index (χ1) is 6.68. The average molecular weight is 305 g/mol. The van der Waals surface area contributed by atoms with Gasteiger partial charge in [-0.25, -0.2) is 0 Å². The molecule has 0 aliphatic carbocycles. The molecular formula is C6H4IN5O2. The van der Waals surface area contributed by atoms with Crippen LogP contribution in [0.25, 0.3) is 11.5 Å². The highest BCUT2D eigenvalue weighted by atomic mass is 127. The minimum Gasteiger partial charge on any atom is -0.492 e. The quantitative estimate of drug-likeness (QED) is 0.636. The van der Waals surface area contributed by atoms with Gasteiger partial charge >= 0.3 is 0 Å². The van der Waals surface area contributed by atoms with Crippen LogP contribution < -0.4 is 5.56 Å². The number of aromatic amines is 2. The zero-order valence-corrected chi connectivity index (χ0v) is 8.81. The molecule has 0 aromatic carbocycles. The SMILES string of the molecule is O=c1[nH]c(-c2cn[nH]n2)nc(O)c1I. The number of hydrogen-bond acceptors (Lipinski definition) is 5. The number of rotatable bonds is 1. The molecule has 3 N–H and O–H groups in total. The standard InChI is InChI=1S/C6H4IN5O2/c7-3-5(13)9-4(10-6(3)14)2-1-8-12-11-2/h1H,(H,8,11,12)(H2,9,10,13,14). The van der Waals surface area contributed by atoms with Gasteiger partial charge in [0.25, 0.3) is 5.56 Å². The molecule has 0 spiro atoms. The summed E-state index contributed by atoms with van der Waals surface area (Å²) in [5.41, 5.74) is -0.0371. The second-order valence-corrected chi connectivity index (χ2v) is 3.49. The zero-order valence-electron chi connectivity index (χ0n) is 6.65. The molecule has 0 aliphatic heterocycles. The Morgan fingerprint density at radius 2 is 2.29 bits per heavy atom. The molecule has 0 atom stereocenters. The van der Waals surface area contributed by atoms with Crippen LogP contribution in [0.3, 0.4) is 0 Å². The lowest BCUT2D eigenvalue weighted by molar-refractivity contribution is 0.447. The van der Waals surface area contributed by atoms with Gasteiger partial charge in [0.05, 0.1) is 6.20 Å². The Morgan fingerprint density at radius 3 is 2.86 bits per heavy atom. The Labute approximate surface area is 90.7 Å². The van der Waals surface area contributed by atoms with Gasteiger partial charge in [-0.1, -0.05) is 0 Å². The molecule has 0 saturated carbocycles. The monoisotopic (exact) mass is 305 g/mol. The molecule has 72 valence electrons. The smallest absolute Gasteiger partial charge is 0.268 e. The Kier molecular flexibility index (Phi) is 2.19. The molecule has 0 saturated heterocycles. The van der Waals surface area contributed by atoms with Crippen LogP contribution in [-0.4, -0.2) is 30.5 Å². The summed E-state index contributed by atoms with van der Waals surface area (Å²) in [5, 5.41) is 18.9. The third-order valence-corrected chi connectivity index (χ3v) is 2.48. The summed E-state index contributed by atoms with van der Waals surface area (Å²) < 4.78 is 0.148. The van der Waals surface area contributed by atoms with Gasteiger partial charge in [0.2, 0.25) is 5.88 Å². The summed E-state index contributed by atoms with van der Waals surface area (Å²) in [5.74, 6) is -0.131. The van der Waals surface area contributed by atoms with E-state index in [4.69, 9.17) is 0 Å². The van der Waals surface area contributed by atoms with Crippen LogP contribution in [0.15, 0.2) is 11.0 Å². The van der Waals surface area contributed by atoms with Gasteiger partial charge in [0, 0.05) is 0 Å². The van der Waals surface area contributed by atoms with Crippen LogP contribution in [0.1, 0.15) is 0 Å². The fraction of sp³-hybridized carbons (Fsp3) is 0. The number of H-pyrrole nitrogens is 2. The summed E-state index contributed by atoms with van der Waals surface area (Å²) >= 11 is 1.70.